The molecule has 20 heavy (non-hydrogen) atoms. The minimum Gasteiger partial charge on any atom is -0.449 e. The molecule has 0 spiro atoms. The molecular formula is C13H9BrClNO4. The molecule has 0 saturated heterocycles. The van der Waals surface area contributed by atoms with E-state index < -0.39 is 4.92 Å². The number of aliphatic hydroxyl groups excluding tert-OH is 1. The predicted octanol–water partition coefficient (Wildman–Crippen LogP) is 4.30. The van der Waals surface area contributed by atoms with Crippen LogP contribution in [0.25, 0.3) is 0 Å². The first-order valence-corrected chi connectivity index (χ1v) is 6.69. The molecule has 0 radical (unpaired) electrons. The summed E-state index contributed by atoms with van der Waals surface area (Å²) in [5, 5.41) is 20.3. The van der Waals surface area contributed by atoms with Crippen molar-refractivity contribution in [2.75, 3.05) is 0 Å². The smallest absolute Gasteiger partial charge is 0.311 e. The van der Waals surface area contributed by atoms with Crippen molar-refractivity contribution >= 4 is 33.2 Å². The molecule has 0 atom stereocenters. The van der Waals surface area contributed by atoms with Crippen molar-refractivity contribution in [2.45, 2.75) is 6.61 Å². The molecule has 2 aromatic rings. The molecule has 0 aliphatic carbocycles. The Hall–Kier alpha value is -1.63. The molecule has 2 aromatic carbocycles. The lowest BCUT2D eigenvalue weighted by atomic mass is 10.2. The van der Waals surface area contributed by atoms with Crippen LogP contribution in [0, 0.1) is 10.1 Å². The quantitative estimate of drug-likeness (QED) is 0.653. The van der Waals surface area contributed by atoms with E-state index in [1.807, 2.05) is 0 Å². The van der Waals surface area contributed by atoms with Crippen molar-refractivity contribution in [3.05, 3.63) is 61.6 Å². The first-order chi connectivity index (χ1) is 9.51. The van der Waals surface area contributed by atoms with Crippen molar-refractivity contribution in [2.24, 2.45) is 0 Å². The Kier molecular flexibility index (Phi) is 4.59. The van der Waals surface area contributed by atoms with Gasteiger partial charge < -0.3 is 9.84 Å². The summed E-state index contributed by atoms with van der Waals surface area (Å²) < 4.78 is 6.11. The molecule has 0 unspecified atom stereocenters. The standard InChI is InChI=1S/C13H9BrClNO4/c14-10-5-8(7-17)1-4-12(10)20-13-6-9(15)2-3-11(13)16(18)19/h1-6,17H,7H2. The lowest BCUT2D eigenvalue weighted by molar-refractivity contribution is -0.385. The summed E-state index contributed by atoms with van der Waals surface area (Å²) in [6, 6.07) is 9.04. The predicted molar refractivity (Wildman–Crippen MR) is 78.2 cm³/mol. The van der Waals surface area contributed by atoms with Gasteiger partial charge in [0.2, 0.25) is 5.75 Å². The van der Waals surface area contributed by atoms with Gasteiger partial charge in [-0.25, -0.2) is 0 Å². The average Bonchev–Trinajstić information content (AvgIpc) is 2.40. The molecule has 0 amide bonds. The van der Waals surface area contributed by atoms with E-state index in [9.17, 15) is 10.1 Å². The Morgan fingerprint density at radius 1 is 1.25 bits per heavy atom. The zero-order valence-corrected chi connectivity index (χ0v) is 12.4. The van der Waals surface area contributed by atoms with E-state index in [1.54, 1.807) is 18.2 Å². The summed E-state index contributed by atoms with van der Waals surface area (Å²) in [5.41, 5.74) is 0.525. The number of nitrogens with zero attached hydrogens (tertiary/aromatic N) is 1. The minimum atomic E-state index is -0.540. The fourth-order valence-electron chi connectivity index (χ4n) is 1.56. The molecule has 5 nitrogen and oxygen atoms in total. The van der Waals surface area contributed by atoms with Gasteiger partial charge in [0.15, 0.2) is 0 Å². The Morgan fingerprint density at radius 3 is 2.60 bits per heavy atom. The highest BCUT2D eigenvalue weighted by atomic mass is 79.9. The largest absolute Gasteiger partial charge is 0.449 e. The van der Waals surface area contributed by atoms with Crippen molar-refractivity contribution < 1.29 is 14.8 Å². The summed E-state index contributed by atoms with van der Waals surface area (Å²) in [6.07, 6.45) is 0. The lowest BCUT2D eigenvalue weighted by Crippen LogP contribution is -1.94. The summed E-state index contributed by atoms with van der Waals surface area (Å²) >= 11 is 9.11. The molecule has 7 heteroatoms. The highest BCUT2D eigenvalue weighted by Gasteiger charge is 2.17. The number of rotatable bonds is 4. The number of aliphatic hydroxyl groups is 1. The van der Waals surface area contributed by atoms with Gasteiger partial charge in [-0.1, -0.05) is 17.7 Å². The molecule has 0 aliphatic heterocycles. The van der Waals surface area contributed by atoms with Crippen LogP contribution in [-0.4, -0.2) is 10.0 Å². The number of halogens is 2. The summed E-state index contributed by atoms with van der Waals surface area (Å²) in [6.45, 7) is -0.101. The van der Waals surface area contributed by atoms with Crippen LogP contribution in [-0.2, 0) is 6.61 Å². The zero-order chi connectivity index (χ0) is 14.7. The highest BCUT2D eigenvalue weighted by Crippen LogP contribution is 2.36. The molecular weight excluding hydrogens is 350 g/mol. The third-order valence-electron chi connectivity index (χ3n) is 2.52. The van der Waals surface area contributed by atoms with E-state index in [0.29, 0.717) is 20.8 Å². The van der Waals surface area contributed by atoms with Crippen molar-refractivity contribution in [1.29, 1.82) is 0 Å². The first kappa shape index (κ1) is 14.8. The normalized spacial score (nSPS) is 10.3. The highest BCUT2D eigenvalue weighted by molar-refractivity contribution is 9.10. The van der Waals surface area contributed by atoms with Crippen LogP contribution in [0.2, 0.25) is 5.02 Å². The number of nitro benzene ring substituents is 1. The maximum Gasteiger partial charge on any atom is 0.311 e. The van der Waals surface area contributed by atoms with E-state index in [-0.39, 0.29) is 18.0 Å². The summed E-state index contributed by atoms with van der Waals surface area (Å²) in [5.74, 6) is 0.451. The lowest BCUT2D eigenvalue weighted by Gasteiger charge is -2.09. The van der Waals surface area contributed by atoms with Crippen LogP contribution in [0.3, 0.4) is 0 Å². The van der Waals surface area contributed by atoms with Crippen LogP contribution in [0.5, 0.6) is 11.5 Å². The van der Waals surface area contributed by atoms with Crippen LogP contribution in [0.1, 0.15) is 5.56 Å². The molecule has 0 heterocycles. The van der Waals surface area contributed by atoms with Gasteiger partial charge in [0.25, 0.3) is 0 Å². The maximum atomic E-state index is 10.9. The molecule has 0 aromatic heterocycles. The topological polar surface area (TPSA) is 72.6 Å². The van der Waals surface area contributed by atoms with E-state index >= 15 is 0 Å². The van der Waals surface area contributed by atoms with Gasteiger partial charge in [-0.15, -0.1) is 0 Å². The molecule has 1 N–H and O–H groups in total. The van der Waals surface area contributed by atoms with Gasteiger partial charge in [-0.2, -0.15) is 0 Å². The molecule has 2 rings (SSSR count). The molecule has 0 fully saturated rings. The number of ether oxygens (including phenoxy) is 1. The zero-order valence-electron chi connectivity index (χ0n) is 10.0. The van der Waals surface area contributed by atoms with Gasteiger partial charge in [0.1, 0.15) is 5.75 Å². The van der Waals surface area contributed by atoms with Crippen molar-refractivity contribution in [3.63, 3.8) is 0 Å². The van der Waals surface area contributed by atoms with E-state index in [4.69, 9.17) is 21.4 Å². The van der Waals surface area contributed by atoms with Gasteiger partial charge in [0.05, 0.1) is 16.0 Å². The second-order valence-corrected chi connectivity index (χ2v) is 5.18. The fraction of sp³-hybridized carbons (Fsp3) is 0.0769. The SMILES string of the molecule is O=[N+]([O-])c1ccc(Cl)cc1Oc1ccc(CO)cc1Br. The van der Waals surface area contributed by atoms with Crippen LogP contribution >= 0.6 is 27.5 Å². The van der Waals surface area contributed by atoms with Crippen molar-refractivity contribution in [3.8, 4) is 11.5 Å². The van der Waals surface area contributed by atoms with Gasteiger partial charge in [-0.3, -0.25) is 10.1 Å². The Morgan fingerprint density at radius 2 is 2.00 bits per heavy atom. The number of hydrogen-bond acceptors (Lipinski definition) is 4. The third-order valence-corrected chi connectivity index (χ3v) is 3.37. The second-order valence-electron chi connectivity index (χ2n) is 3.89. The first-order valence-electron chi connectivity index (χ1n) is 5.52. The van der Waals surface area contributed by atoms with Gasteiger partial charge >= 0.3 is 5.69 Å². The van der Waals surface area contributed by atoms with E-state index in [2.05, 4.69) is 15.9 Å². The Labute approximate surface area is 128 Å². The van der Waals surface area contributed by atoms with Gasteiger partial charge in [0, 0.05) is 17.2 Å². The van der Waals surface area contributed by atoms with E-state index in [0.717, 1.165) is 0 Å². The fourth-order valence-corrected chi connectivity index (χ4v) is 2.23. The number of hydrogen-bond donors (Lipinski definition) is 1. The maximum absolute atomic E-state index is 10.9. The van der Waals surface area contributed by atoms with Crippen LogP contribution in [0.15, 0.2) is 40.9 Å². The average molecular weight is 359 g/mol. The molecule has 0 saturated carbocycles. The second kappa shape index (κ2) is 6.21. The van der Waals surface area contributed by atoms with Gasteiger partial charge in [-0.05, 0) is 39.7 Å². The molecule has 0 bridgehead atoms. The summed E-state index contributed by atoms with van der Waals surface area (Å²) in [4.78, 5) is 10.4. The monoisotopic (exact) mass is 357 g/mol. The van der Waals surface area contributed by atoms with Crippen LogP contribution < -0.4 is 4.74 Å². The number of nitro groups is 1. The van der Waals surface area contributed by atoms with Crippen LogP contribution in [0.4, 0.5) is 5.69 Å². The third kappa shape index (κ3) is 3.27. The summed E-state index contributed by atoms with van der Waals surface area (Å²) in [7, 11) is 0. The number of benzene rings is 2. The van der Waals surface area contributed by atoms with E-state index in [1.165, 1.54) is 18.2 Å². The van der Waals surface area contributed by atoms with Crippen molar-refractivity contribution in [1.82, 2.24) is 0 Å². The minimum absolute atomic E-state index is 0.0555. The Balaban J connectivity index is 2.39. The molecule has 104 valence electrons. The Bertz CT molecular complexity index is 663. The molecule has 0 aliphatic rings.